The second-order valence-corrected chi connectivity index (χ2v) is 5.91. The Labute approximate surface area is 158 Å². The van der Waals surface area contributed by atoms with Crippen LogP contribution in [0.2, 0.25) is 0 Å². The first kappa shape index (κ1) is 20.0. The molecule has 0 unspecified atom stereocenters. The largest absolute Gasteiger partial charge is 0.350 e. The molecule has 0 aliphatic heterocycles. The third-order valence-corrected chi connectivity index (χ3v) is 3.81. The monoisotopic (exact) mass is 368 g/mol. The molecule has 7 heteroatoms. The minimum absolute atomic E-state index is 0.168. The number of carbonyl (C=O) groups excluding carboxylic acids is 3. The van der Waals surface area contributed by atoms with Gasteiger partial charge in [-0.25, -0.2) is 4.79 Å². The van der Waals surface area contributed by atoms with Gasteiger partial charge in [0.25, 0.3) is 5.91 Å². The van der Waals surface area contributed by atoms with Crippen LogP contribution in [0.25, 0.3) is 0 Å². The Morgan fingerprint density at radius 3 is 2.19 bits per heavy atom. The van der Waals surface area contributed by atoms with Crippen molar-refractivity contribution in [3.8, 4) is 0 Å². The average molecular weight is 368 g/mol. The van der Waals surface area contributed by atoms with Gasteiger partial charge in [-0.15, -0.1) is 0 Å². The Balaban J connectivity index is 1.73. The number of benzene rings is 2. The van der Waals surface area contributed by atoms with Gasteiger partial charge in [0, 0.05) is 37.0 Å². The van der Waals surface area contributed by atoms with E-state index in [2.05, 4.69) is 21.3 Å². The molecule has 0 bridgehead atoms. The molecule has 0 saturated heterocycles. The lowest BCUT2D eigenvalue weighted by Gasteiger charge is -2.11. The summed E-state index contributed by atoms with van der Waals surface area (Å²) in [6.07, 6.45) is 0.827. The minimum Gasteiger partial charge on any atom is -0.350 e. The zero-order valence-electron chi connectivity index (χ0n) is 15.5. The quantitative estimate of drug-likeness (QED) is 0.566. The van der Waals surface area contributed by atoms with E-state index >= 15 is 0 Å². The van der Waals surface area contributed by atoms with Crippen LogP contribution >= 0.6 is 0 Å². The zero-order valence-corrected chi connectivity index (χ0v) is 15.5. The fraction of sp³-hybridized carbons (Fsp3) is 0.250. The minimum atomic E-state index is -0.315. The van der Waals surface area contributed by atoms with Gasteiger partial charge >= 0.3 is 6.03 Å². The molecule has 0 aromatic heterocycles. The summed E-state index contributed by atoms with van der Waals surface area (Å²) < 4.78 is 0. The number of rotatable bonds is 7. The summed E-state index contributed by atoms with van der Waals surface area (Å²) in [5.74, 6) is -0.416. The average Bonchev–Trinajstić information content (AvgIpc) is 2.65. The highest BCUT2D eigenvalue weighted by atomic mass is 16.2. The molecule has 0 aliphatic rings. The van der Waals surface area contributed by atoms with Crippen molar-refractivity contribution in [2.24, 2.45) is 0 Å². The Kier molecular flexibility index (Phi) is 7.37. The van der Waals surface area contributed by atoms with Crippen molar-refractivity contribution >= 4 is 29.2 Å². The van der Waals surface area contributed by atoms with Crippen LogP contribution in [0, 0.1) is 0 Å². The van der Waals surface area contributed by atoms with Crippen LogP contribution in [0.15, 0.2) is 48.5 Å². The van der Waals surface area contributed by atoms with Crippen molar-refractivity contribution in [1.82, 2.24) is 10.6 Å². The van der Waals surface area contributed by atoms with E-state index in [0.717, 1.165) is 17.7 Å². The smallest absolute Gasteiger partial charge is 0.319 e. The third kappa shape index (κ3) is 6.47. The molecule has 0 heterocycles. The van der Waals surface area contributed by atoms with E-state index in [4.69, 9.17) is 0 Å². The van der Waals surface area contributed by atoms with Crippen molar-refractivity contribution in [2.45, 2.75) is 20.3 Å². The van der Waals surface area contributed by atoms with E-state index in [0.29, 0.717) is 24.3 Å². The van der Waals surface area contributed by atoms with E-state index in [1.807, 2.05) is 31.2 Å². The van der Waals surface area contributed by atoms with Crippen LogP contribution in [-0.4, -0.2) is 30.9 Å². The summed E-state index contributed by atoms with van der Waals surface area (Å²) in [6, 6.07) is 13.9. The van der Waals surface area contributed by atoms with Gasteiger partial charge in [-0.05, 0) is 42.3 Å². The van der Waals surface area contributed by atoms with Gasteiger partial charge in [-0.2, -0.15) is 0 Å². The number of anilines is 2. The summed E-state index contributed by atoms with van der Waals surface area (Å²) in [4.78, 5) is 35.0. The van der Waals surface area contributed by atoms with Gasteiger partial charge in [0.05, 0.1) is 0 Å². The number of aryl methyl sites for hydroxylation is 1. The van der Waals surface area contributed by atoms with E-state index in [1.165, 1.54) is 6.92 Å². The van der Waals surface area contributed by atoms with Gasteiger partial charge in [0.1, 0.15) is 0 Å². The summed E-state index contributed by atoms with van der Waals surface area (Å²) in [7, 11) is 0. The van der Waals surface area contributed by atoms with Crippen LogP contribution in [0.1, 0.15) is 29.8 Å². The molecule has 0 fully saturated rings. The lowest BCUT2D eigenvalue weighted by Crippen LogP contribution is -2.36. The number of nitrogens with one attached hydrogen (secondary N) is 4. The predicted octanol–water partition coefficient (Wildman–Crippen LogP) is 2.76. The first-order chi connectivity index (χ1) is 13.0. The first-order valence-electron chi connectivity index (χ1n) is 8.78. The number of carbonyl (C=O) groups is 3. The Morgan fingerprint density at radius 1 is 0.852 bits per heavy atom. The van der Waals surface area contributed by atoms with E-state index in [-0.39, 0.29) is 17.8 Å². The Hall–Kier alpha value is -3.35. The number of para-hydroxylation sites is 1. The van der Waals surface area contributed by atoms with Gasteiger partial charge < -0.3 is 21.3 Å². The molecule has 4 amide bonds. The second-order valence-electron chi connectivity index (χ2n) is 5.91. The first-order valence-corrected chi connectivity index (χ1v) is 8.78. The molecule has 2 aromatic rings. The van der Waals surface area contributed by atoms with Crippen LogP contribution in [0.5, 0.6) is 0 Å². The normalized spacial score (nSPS) is 10.0. The standard InChI is InChI=1S/C20H24N4O3/c1-3-15-6-4-5-7-18(15)24-20(27)22-13-12-21-19(26)16-8-10-17(11-9-16)23-14(2)25/h4-11H,3,12-13H2,1-2H3,(H,21,26)(H,23,25)(H2,22,24,27). The van der Waals surface area contributed by atoms with Crippen LogP contribution < -0.4 is 21.3 Å². The second kappa shape index (κ2) is 9.96. The van der Waals surface area contributed by atoms with Crippen molar-refractivity contribution in [1.29, 1.82) is 0 Å². The molecular formula is C20H24N4O3. The van der Waals surface area contributed by atoms with Crippen LogP contribution in [0.3, 0.4) is 0 Å². The third-order valence-electron chi connectivity index (χ3n) is 3.81. The van der Waals surface area contributed by atoms with Gasteiger partial charge in [-0.3, -0.25) is 9.59 Å². The van der Waals surface area contributed by atoms with Gasteiger partial charge in [0.15, 0.2) is 0 Å². The van der Waals surface area contributed by atoms with Crippen molar-refractivity contribution in [3.63, 3.8) is 0 Å². The fourth-order valence-electron chi connectivity index (χ4n) is 2.48. The molecule has 2 aromatic carbocycles. The summed E-state index contributed by atoms with van der Waals surface area (Å²) in [6.45, 7) is 4.05. The zero-order chi connectivity index (χ0) is 19.6. The number of hydrogen-bond acceptors (Lipinski definition) is 3. The Bertz CT molecular complexity index is 803. The summed E-state index contributed by atoms with van der Waals surface area (Å²) in [5, 5.41) is 10.9. The number of hydrogen-bond donors (Lipinski definition) is 4. The molecule has 0 spiro atoms. The lowest BCUT2D eigenvalue weighted by atomic mass is 10.1. The molecule has 2 rings (SSSR count). The summed E-state index contributed by atoms with van der Waals surface area (Å²) >= 11 is 0. The van der Waals surface area contributed by atoms with Crippen LogP contribution in [-0.2, 0) is 11.2 Å². The molecular weight excluding hydrogens is 344 g/mol. The van der Waals surface area contributed by atoms with Crippen LogP contribution in [0.4, 0.5) is 16.2 Å². The Morgan fingerprint density at radius 2 is 1.52 bits per heavy atom. The van der Waals surface area contributed by atoms with E-state index in [1.54, 1.807) is 24.3 Å². The maximum atomic E-state index is 12.1. The fourth-order valence-corrected chi connectivity index (χ4v) is 2.48. The molecule has 0 radical (unpaired) electrons. The molecule has 142 valence electrons. The van der Waals surface area contributed by atoms with Crippen molar-refractivity contribution < 1.29 is 14.4 Å². The highest BCUT2D eigenvalue weighted by Crippen LogP contribution is 2.15. The molecule has 0 saturated carbocycles. The molecule has 0 atom stereocenters. The topological polar surface area (TPSA) is 99.3 Å². The van der Waals surface area contributed by atoms with E-state index < -0.39 is 0 Å². The highest BCUT2D eigenvalue weighted by molar-refractivity contribution is 5.95. The van der Waals surface area contributed by atoms with E-state index in [9.17, 15) is 14.4 Å². The van der Waals surface area contributed by atoms with Gasteiger partial charge in [0.2, 0.25) is 5.91 Å². The number of amides is 4. The molecule has 7 nitrogen and oxygen atoms in total. The van der Waals surface area contributed by atoms with Gasteiger partial charge in [-0.1, -0.05) is 25.1 Å². The maximum absolute atomic E-state index is 12.1. The summed E-state index contributed by atoms with van der Waals surface area (Å²) in [5.41, 5.74) is 2.94. The number of urea groups is 1. The van der Waals surface area contributed by atoms with Crippen molar-refractivity contribution in [3.05, 3.63) is 59.7 Å². The molecule has 4 N–H and O–H groups in total. The molecule has 27 heavy (non-hydrogen) atoms. The highest BCUT2D eigenvalue weighted by Gasteiger charge is 2.07. The predicted molar refractivity (Wildman–Crippen MR) is 106 cm³/mol. The SMILES string of the molecule is CCc1ccccc1NC(=O)NCCNC(=O)c1ccc(NC(C)=O)cc1. The maximum Gasteiger partial charge on any atom is 0.319 e. The van der Waals surface area contributed by atoms with Crippen molar-refractivity contribution in [2.75, 3.05) is 23.7 Å². The molecule has 0 aliphatic carbocycles. The lowest BCUT2D eigenvalue weighted by molar-refractivity contribution is -0.114.